The van der Waals surface area contributed by atoms with Crippen LogP contribution in [0.1, 0.15) is 43.5 Å². The van der Waals surface area contributed by atoms with Gasteiger partial charge in [-0.05, 0) is 42.2 Å². The van der Waals surface area contributed by atoms with Crippen LogP contribution in [0.2, 0.25) is 0 Å². The monoisotopic (exact) mass is 373 g/mol. The summed E-state index contributed by atoms with van der Waals surface area (Å²) in [5.41, 5.74) is 2.30. The zero-order chi connectivity index (χ0) is 18.3. The molecule has 26 heavy (non-hydrogen) atoms. The van der Waals surface area contributed by atoms with Crippen LogP contribution in [0, 0.1) is 11.3 Å². The van der Waals surface area contributed by atoms with Crippen LogP contribution in [0.3, 0.4) is 0 Å². The van der Waals surface area contributed by atoms with E-state index in [0.717, 1.165) is 17.7 Å². The maximum Gasteiger partial charge on any atom is 0.269 e. The van der Waals surface area contributed by atoms with E-state index in [0.29, 0.717) is 41.3 Å². The van der Waals surface area contributed by atoms with E-state index >= 15 is 0 Å². The number of methoxy groups -OCH3 is 1. The Bertz CT molecular complexity index is 903. The van der Waals surface area contributed by atoms with Crippen LogP contribution in [0.5, 0.6) is 0 Å². The molecular formula is C19H23N3O3S. The molecular weight excluding hydrogens is 350 g/mol. The molecule has 1 aliphatic carbocycles. The molecule has 1 unspecified atom stereocenters. The average molecular weight is 373 g/mol. The second kappa shape index (κ2) is 6.63. The molecule has 138 valence electrons. The first kappa shape index (κ1) is 17.4. The van der Waals surface area contributed by atoms with Crippen LogP contribution in [-0.2, 0) is 24.2 Å². The molecule has 3 aromatic rings. The Labute approximate surface area is 156 Å². The predicted octanol–water partition coefficient (Wildman–Crippen LogP) is 4.75. The van der Waals surface area contributed by atoms with Crippen molar-refractivity contribution in [3.05, 3.63) is 28.7 Å². The maximum atomic E-state index is 5.84. The van der Waals surface area contributed by atoms with E-state index in [1.165, 1.54) is 23.1 Å². The van der Waals surface area contributed by atoms with Gasteiger partial charge in [-0.25, -0.2) is 4.98 Å². The number of ether oxygens (including phenoxy) is 1. The van der Waals surface area contributed by atoms with Crippen LogP contribution in [0.4, 0.5) is 0 Å². The SMILES string of the molecule is COCc1nc(-c2nnc(-c3cc4c(s3)CCC(C(C)(C)C)C4)o2)co1. The van der Waals surface area contributed by atoms with Gasteiger partial charge in [0.05, 0.1) is 4.88 Å². The second-order valence-electron chi connectivity index (χ2n) is 7.84. The molecule has 7 heteroatoms. The molecule has 0 fully saturated rings. The summed E-state index contributed by atoms with van der Waals surface area (Å²) in [6, 6.07) is 2.22. The smallest absolute Gasteiger partial charge is 0.269 e. The van der Waals surface area contributed by atoms with E-state index in [2.05, 4.69) is 42.0 Å². The fourth-order valence-electron chi connectivity index (χ4n) is 3.39. The molecule has 0 saturated carbocycles. The Morgan fingerprint density at radius 3 is 2.85 bits per heavy atom. The first-order chi connectivity index (χ1) is 12.4. The van der Waals surface area contributed by atoms with E-state index in [9.17, 15) is 0 Å². The minimum atomic E-state index is 0.313. The summed E-state index contributed by atoms with van der Waals surface area (Å²) in [7, 11) is 1.59. The molecule has 0 N–H and O–H groups in total. The third kappa shape index (κ3) is 3.33. The summed E-state index contributed by atoms with van der Waals surface area (Å²) in [5, 5.41) is 8.33. The van der Waals surface area contributed by atoms with Crippen LogP contribution in [0.25, 0.3) is 22.4 Å². The Kier molecular flexibility index (Phi) is 4.44. The number of rotatable bonds is 4. The van der Waals surface area contributed by atoms with Gasteiger partial charge in [0.15, 0.2) is 5.69 Å². The summed E-state index contributed by atoms with van der Waals surface area (Å²) in [6.45, 7) is 7.30. The molecule has 1 aliphatic rings. The van der Waals surface area contributed by atoms with Crippen molar-refractivity contribution in [2.45, 2.75) is 46.6 Å². The first-order valence-corrected chi connectivity index (χ1v) is 9.65. The van der Waals surface area contributed by atoms with Crippen LogP contribution in [0.15, 0.2) is 21.2 Å². The predicted molar refractivity (Wildman–Crippen MR) is 98.8 cm³/mol. The number of aromatic nitrogens is 3. The molecule has 0 aromatic carbocycles. The molecule has 0 spiro atoms. The van der Waals surface area contributed by atoms with E-state index in [1.807, 2.05) is 0 Å². The third-order valence-electron chi connectivity index (χ3n) is 4.98. The lowest BCUT2D eigenvalue weighted by atomic mass is 9.72. The highest BCUT2D eigenvalue weighted by atomic mass is 32.1. The topological polar surface area (TPSA) is 74.2 Å². The minimum Gasteiger partial charge on any atom is -0.446 e. The zero-order valence-electron chi connectivity index (χ0n) is 15.5. The van der Waals surface area contributed by atoms with Gasteiger partial charge in [-0.1, -0.05) is 20.8 Å². The largest absolute Gasteiger partial charge is 0.446 e. The van der Waals surface area contributed by atoms with E-state index < -0.39 is 0 Å². The molecule has 0 saturated heterocycles. The van der Waals surface area contributed by atoms with Crippen LogP contribution >= 0.6 is 11.3 Å². The number of fused-ring (bicyclic) bond motifs is 1. The Balaban J connectivity index is 1.56. The zero-order valence-corrected chi connectivity index (χ0v) is 16.4. The third-order valence-corrected chi connectivity index (χ3v) is 6.21. The number of oxazole rings is 1. The Morgan fingerprint density at radius 1 is 1.27 bits per heavy atom. The van der Waals surface area contributed by atoms with Gasteiger partial charge in [0.2, 0.25) is 5.89 Å². The molecule has 1 atom stereocenters. The van der Waals surface area contributed by atoms with Gasteiger partial charge in [0, 0.05) is 12.0 Å². The van der Waals surface area contributed by atoms with Gasteiger partial charge in [-0.15, -0.1) is 21.5 Å². The highest BCUT2D eigenvalue weighted by Crippen LogP contribution is 2.42. The van der Waals surface area contributed by atoms with Gasteiger partial charge < -0.3 is 13.6 Å². The summed E-state index contributed by atoms with van der Waals surface area (Å²) in [4.78, 5) is 6.77. The fraction of sp³-hybridized carbons (Fsp3) is 0.526. The van der Waals surface area contributed by atoms with Crippen molar-refractivity contribution < 1.29 is 13.6 Å². The lowest BCUT2D eigenvalue weighted by Crippen LogP contribution is -2.26. The highest BCUT2D eigenvalue weighted by molar-refractivity contribution is 7.15. The first-order valence-electron chi connectivity index (χ1n) is 8.83. The minimum absolute atomic E-state index is 0.313. The summed E-state index contributed by atoms with van der Waals surface area (Å²) < 4.78 is 16.2. The van der Waals surface area contributed by atoms with E-state index in [1.54, 1.807) is 18.4 Å². The fourth-order valence-corrected chi connectivity index (χ4v) is 4.52. The summed E-state index contributed by atoms with van der Waals surface area (Å²) in [6.07, 6.45) is 5.01. The van der Waals surface area contributed by atoms with Gasteiger partial charge >= 0.3 is 0 Å². The molecule has 6 nitrogen and oxygen atoms in total. The second-order valence-corrected chi connectivity index (χ2v) is 8.97. The number of aryl methyl sites for hydroxylation is 1. The molecule has 0 amide bonds. The molecule has 0 radical (unpaired) electrons. The Hall–Kier alpha value is -1.99. The molecule has 4 rings (SSSR count). The average Bonchev–Trinajstić information content (AvgIpc) is 3.32. The lowest BCUT2D eigenvalue weighted by Gasteiger charge is -2.33. The van der Waals surface area contributed by atoms with Crippen molar-refractivity contribution in [3.63, 3.8) is 0 Å². The van der Waals surface area contributed by atoms with Gasteiger partial charge in [0.1, 0.15) is 12.9 Å². The van der Waals surface area contributed by atoms with E-state index in [4.69, 9.17) is 13.6 Å². The standard InChI is InChI=1S/C19H23N3O3S/c1-19(2,3)12-5-6-14-11(7-12)8-15(26-14)18-22-21-17(25-18)13-9-24-16(20-13)10-23-4/h8-9,12H,5-7,10H2,1-4H3. The van der Waals surface area contributed by atoms with Gasteiger partial charge in [0.25, 0.3) is 11.8 Å². The number of thiophene rings is 1. The normalized spacial score (nSPS) is 17.5. The molecule has 3 heterocycles. The highest BCUT2D eigenvalue weighted by Gasteiger charge is 2.30. The number of hydrogen-bond acceptors (Lipinski definition) is 7. The summed E-state index contributed by atoms with van der Waals surface area (Å²) in [5.74, 6) is 2.11. The van der Waals surface area contributed by atoms with Crippen molar-refractivity contribution in [1.29, 1.82) is 0 Å². The Morgan fingerprint density at radius 2 is 2.08 bits per heavy atom. The van der Waals surface area contributed by atoms with Crippen LogP contribution < -0.4 is 0 Å². The van der Waals surface area contributed by atoms with Gasteiger partial charge in [-0.3, -0.25) is 0 Å². The summed E-state index contributed by atoms with van der Waals surface area (Å²) >= 11 is 1.76. The quantitative estimate of drug-likeness (QED) is 0.657. The molecule has 3 aromatic heterocycles. The van der Waals surface area contributed by atoms with Crippen molar-refractivity contribution in [2.75, 3.05) is 7.11 Å². The van der Waals surface area contributed by atoms with Gasteiger partial charge in [-0.2, -0.15) is 0 Å². The van der Waals surface area contributed by atoms with Crippen molar-refractivity contribution in [2.24, 2.45) is 11.3 Å². The molecule has 0 aliphatic heterocycles. The van der Waals surface area contributed by atoms with Crippen molar-refractivity contribution >= 4 is 11.3 Å². The number of nitrogens with zero attached hydrogens (tertiary/aromatic N) is 3. The molecule has 0 bridgehead atoms. The van der Waals surface area contributed by atoms with Crippen molar-refractivity contribution in [1.82, 2.24) is 15.2 Å². The maximum absolute atomic E-state index is 5.84. The van der Waals surface area contributed by atoms with Crippen molar-refractivity contribution in [3.8, 4) is 22.4 Å². The van der Waals surface area contributed by atoms with Crippen LogP contribution in [-0.4, -0.2) is 22.3 Å². The van der Waals surface area contributed by atoms with E-state index in [-0.39, 0.29) is 0 Å². The lowest BCUT2D eigenvalue weighted by molar-refractivity contribution is 0.159. The number of hydrogen-bond donors (Lipinski definition) is 0.